The summed E-state index contributed by atoms with van der Waals surface area (Å²) in [6.07, 6.45) is 1.21. The molecule has 0 unspecified atom stereocenters. The second-order valence-corrected chi connectivity index (χ2v) is 8.06. The zero-order valence-corrected chi connectivity index (χ0v) is 13.3. The summed E-state index contributed by atoms with van der Waals surface area (Å²) < 4.78 is 0.121. The molecular formula is C16H20N2O2S. The van der Waals surface area contributed by atoms with Crippen LogP contribution in [0.3, 0.4) is 0 Å². The summed E-state index contributed by atoms with van der Waals surface area (Å²) >= 11 is 1.92. The van der Waals surface area contributed by atoms with Crippen molar-refractivity contribution >= 4 is 29.3 Å². The summed E-state index contributed by atoms with van der Waals surface area (Å²) in [6, 6.07) is 5.61. The largest absolute Gasteiger partial charge is 0.336 e. The van der Waals surface area contributed by atoms with Gasteiger partial charge in [-0.3, -0.25) is 9.59 Å². The first-order valence-corrected chi connectivity index (χ1v) is 8.29. The number of rotatable bonds is 1. The molecule has 2 aliphatic rings. The molecule has 2 aliphatic heterocycles. The van der Waals surface area contributed by atoms with Gasteiger partial charge in [-0.05, 0) is 44.0 Å². The van der Waals surface area contributed by atoms with E-state index in [1.165, 1.54) is 0 Å². The lowest BCUT2D eigenvalue weighted by atomic mass is 9.99. The lowest BCUT2D eigenvalue weighted by molar-refractivity contribution is -0.116. The van der Waals surface area contributed by atoms with E-state index < -0.39 is 0 Å². The molecule has 4 nitrogen and oxygen atoms in total. The number of nitrogens with one attached hydrogen (secondary N) is 1. The fourth-order valence-corrected chi connectivity index (χ4v) is 4.00. The van der Waals surface area contributed by atoms with Gasteiger partial charge in [0, 0.05) is 41.3 Å². The SMILES string of the molecule is CC1(C)CN(C(=O)c2ccc3c(c2)CCC(=O)N3)CCS1. The molecule has 2 heterocycles. The Morgan fingerprint density at radius 2 is 2.14 bits per heavy atom. The van der Waals surface area contributed by atoms with Gasteiger partial charge in [-0.1, -0.05) is 0 Å². The summed E-state index contributed by atoms with van der Waals surface area (Å²) in [5.41, 5.74) is 2.64. The number of carbonyl (C=O) groups excluding carboxylic acids is 2. The van der Waals surface area contributed by atoms with Gasteiger partial charge in [0.2, 0.25) is 5.91 Å². The summed E-state index contributed by atoms with van der Waals surface area (Å²) in [7, 11) is 0. The number of nitrogens with zero attached hydrogens (tertiary/aromatic N) is 1. The Balaban J connectivity index is 1.80. The molecule has 21 heavy (non-hydrogen) atoms. The molecule has 1 saturated heterocycles. The number of amides is 2. The molecular weight excluding hydrogens is 284 g/mol. The average Bonchev–Trinajstić information content (AvgIpc) is 2.45. The number of hydrogen-bond acceptors (Lipinski definition) is 3. The average molecular weight is 304 g/mol. The molecule has 0 spiro atoms. The van der Waals surface area contributed by atoms with Crippen LogP contribution in [0.2, 0.25) is 0 Å². The standard InChI is InChI=1S/C16H20N2O2S/c1-16(2)10-18(7-8-21-16)15(20)12-3-5-13-11(9-12)4-6-14(19)17-13/h3,5,9H,4,6-8,10H2,1-2H3,(H,17,19). The first-order chi connectivity index (χ1) is 9.94. The van der Waals surface area contributed by atoms with E-state index in [4.69, 9.17) is 0 Å². The van der Waals surface area contributed by atoms with Crippen molar-refractivity contribution in [1.29, 1.82) is 0 Å². The van der Waals surface area contributed by atoms with Crippen LogP contribution >= 0.6 is 11.8 Å². The molecule has 0 atom stereocenters. The van der Waals surface area contributed by atoms with Gasteiger partial charge in [0.1, 0.15) is 0 Å². The van der Waals surface area contributed by atoms with Crippen molar-refractivity contribution in [1.82, 2.24) is 4.90 Å². The fourth-order valence-electron chi connectivity index (χ4n) is 2.89. The van der Waals surface area contributed by atoms with E-state index in [2.05, 4.69) is 19.2 Å². The van der Waals surface area contributed by atoms with Crippen LogP contribution in [-0.4, -0.2) is 40.3 Å². The van der Waals surface area contributed by atoms with E-state index in [0.29, 0.717) is 12.8 Å². The summed E-state index contributed by atoms with van der Waals surface area (Å²) in [6.45, 7) is 5.95. The monoisotopic (exact) mass is 304 g/mol. The third-order valence-corrected chi connectivity index (χ3v) is 5.26. The van der Waals surface area contributed by atoms with Gasteiger partial charge >= 0.3 is 0 Å². The van der Waals surface area contributed by atoms with Crippen LogP contribution in [0.5, 0.6) is 0 Å². The van der Waals surface area contributed by atoms with Crippen molar-refractivity contribution in [3.8, 4) is 0 Å². The normalized spacial score (nSPS) is 20.7. The fraction of sp³-hybridized carbons (Fsp3) is 0.500. The molecule has 1 aromatic carbocycles. The van der Waals surface area contributed by atoms with Crippen LogP contribution in [0.15, 0.2) is 18.2 Å². The Morgan fingerprint density at radius 1 is 1.33 bits per heavy atom. The van der Waals surface area contributed by atoms with E-state index in [9.17, 15) is 9.59 Å². The molecule has 2 amide bonds. The van der Waals surface area contributed by atoms with Crippen molar-refractivity contribution in [2.45, 2.75) is 31.4 Å². The second-order valence-electron chi connectivity index (χ2n) is 6.25. The minimum Gasteiger partial charge on any atom is -0.336 e. The summed E-state index contributed by atoms with van der Waals surface area (Å²) in [4.78, 5) is 26.0. The highest BCUT2D eigenvalue weighted by Crippen LogP contribution is 2.31. The van der Waals surface area contributed by atoms with E-state index in [1.54, 1.807) is 0 Å². The van der Waals surface area contributed by atoms with Gasteiger partial charge in [0.05, 0.1) is 0 Å². The minimum absolute atomic E-state index is 0.0522. The van der Waals surface area contributed by atoms with Gasteiger partial charge in [-0.25, -0.2) is 0 Å². The molecule has 0 radical (unpaired) electrons. The third-order valence-electron chi connectivity index (χ3n) is 3.96. The van der Waals surface area contributed by atoms with Crippen LogP contribution in [0.25, 0.3) is 0 Å². The lowest BCUT2D eigenvalue weighted by Crippen LogP contribution is -2.46. The summed E-state index contributed by atoms with van der Waals surface area (Å²) in [5.74, 6) is 1.14. The number of fused-ring (bicyclic) bond motifs is 1. The van der Waals surface area contributed by atoms with E-state index >= 15 is 0 Å². The quantitative estimate of drug-likeness (QED) is 0.867. The highest BCUT2D eigenvalue weighted by Gasteiger charge is 2.30. The van der Waals surface area contributed by atoms with Gasteiger partial charge in [-0.2, -0.15) is 11.8 Å². The Hall–Kier alpha value is -1.49. The van der Waals surface area contributed by atoms with Crippen molar-refractivity contribution in [2.75, 3.05) is 24.2 Å². The van der Waals surface area contributed by atoms with Crippen LogP contribution < -0.4 is 5.32 Å². The maximum atomic E-state index is 12.7. The molecule has 1 aromatic rings. The van der Waals surface area contributed by atoms with Gasteiger partial charge in [0.15, 0.2) is 0 Å². The Kier molecular flexibility index (Phi) is 3.69. The topological polar surface area (TPSA) is 49.4 Å². The smallest absolute Gasteiger partial charge is 0.253 e. The predicted molar refractivity (Wildman–Crippen MR) is 85.8 cm³/mol. The number of aryl methyl sites for hydroxylation is 1. The van der Waals surface area contributed by atoms with Crippen LogP contribution in [0.1, 0.15) is 36.2 Å². The molecule has 5 heteroatoms. The molecule has 0 aliphatic carbocycles. The Labute approximate surface area is 129 Å². The van der Waals surface area contributed by atoms with Crippen LogP contribution in [0, 0.1) is 0 Å². The number of thioether (sulfide) groups is 1. The molecule has 1 fully saturated rings. The van der Waals surface area contributed by atoms with Crippen LogP contribution in [-0.2, 0) is 11.2 Å². The van der Waals surface area contributed by atoms with Gasteiger partial charge in [-0.15, -0.1) is 0 Å². The van der Waals surface area contributed by atoms with E-state index in [1.807, 2.05) is 34.9 Å². The predicted octanol–water partition coefficient (Wildman–Crippen LogP) is 2.54. The number of anilines is 1. The highest BCUT2D eigenvalue weighted by atomic mass is 32.2. The molecule has 0 bridgehead atoms. The van der Waals surface area contributed by atoms with E-state index in [-0.39, 0.29) is 16.6 Å². The van der Waals surface area contributed by atoms with Crippen molar-refractivity contribution in [3.63, 3.8) is 0 Å². The highest BCUT2D eigenvalue weighted by molar-refractivity contribution is 8.00. The molecule has 112 valence electrons. The molecule has 3 rings (SSSR count). The first-order valence-electron chi connectivity index (χ1n) is 7.31. The minimum atomic E-state index is 0.0522. The van der Waals surface area contributed by atoms with Gasteiger partial charge in [0.25, 0.3) is 5.91 Å². The van der Waals surface area contributed by atoms with Crippen LogP contribution in [0.4, 0.5) is 5.69 Å². The molecule has 0 aromatic heterocycles. The summed E-state index contributed by atoms with van der Waals surface area (Å²) in [5, 5.41) is 2.85. The number of benzene rings is 1. The second kappa shape index (κ2) is 5.37. The molecule has 1 N–H and O–H groups in total. The Morgan fingerprint density at radius 3 is 2.90 bits per heavy atom. The maximum Gasteiger partial charge on any atom is 0.253 e. The number of carbonyl (C=O) groups is 2. The van der Waals surface area contributed by atoms with E-state index in [0.717, 1.165) is 35.7 Å². The maximum absolute atomic E-state index is 12.7. The first kappa shape index (κ1) is 14.4. The van der Waals surface area contributed by atoms with Gasteiger partial charge < -0.3 is 10.2 Å². The number of hydrogen-bond donors (Lipinski definition) is 1. The lowest BCUT2D eigenvalue weighted by Gasteiger charge is -2.37. The van der Waals surface area contributed by atoms with Crippen molar-refractivity contribution in [2.24, 2.45) is 0 Å². The Bertz CT molecular complexity index is 598. The molecule has 0 saturated carbocycles. The third kappa shape index (κ3) is 3.07. The van der Waals surface area contributed by atoms with Crippen molar-refractivity contribution in [3.05, 3.63) is 29.3 Å². The van der Waals surface area contributed by atoms with Crippen molar-refractivity contribution < 1.29 is 9.59 Å². The zero-order chi connectivity index (χ0) is 15.0. The zero-order valence-electron chi connectivity index (χ0n) is 12.4.